The first-order chi connectivity index (χ1) is 27.8. The van der Waals surface area contributed by atoms with Gasteiger partial charge in [-0.05, 0) is 104 Å². The fourth-order valence-corrected chi connectivity index (χ4v) is 8.75. The maximum Gasteiger partial charge on any atom is 0.0619 e. The summed E-state index contributed by atoms with van der Waals surface area (Å²) in [5, 5.41) is 10.0. The highest BCUT2D eigenvalue weighted by Crippen LogP contribution is 2.42. The number of para-hydroxylation sites is 3. The molecule has 2 nitrogen and oxygen atoms in total. The Morgan fingerprint density at radius 1 is 0.304 bits per heavy atom. The van der Waals surface area contributed by atoms with E-state index in [0.717, 1.165) is 22.7 Å². The van der Waals surface area contributed by atoms with Crippen LogP contribution in [0, 0.1) is 0 Å². The Balaban J connectivity index is 1.07. The van der Waals surface area contributed by atoms with E-state index in [1.54, 1.807) is 0 Å². The van der Waals surface area contributed by atoms with Gasteiger partial charge in [0.15, 0.2) is 0 Å². The maximum absolute atomic E-state index is 2.41. The number of anilines is 3. The molecule has 11 aromatic rings. The highest BCUT2D eigenvalue weighted by molar-refractivity contribution is 6.14. The summed E-state index contributed by atoms with van der Waals surface area (Å²) in [6.07, 6.45) is 0. The lowest BCUT2D eigenvalue weighted by molar-refractivity contribution is 1.18. The van der Waals surface area contributed by atoms with Crippen LogP contribution >= 0.6 is 0 Å². The lowest BCUT2D eigenvalue weighted by Crippen LogP contribution is -2.10. The van der Waals surface area contributed by atoms with Crippen LogP contribution in [0.4, 0.5) is 17.1 Å². The second-order valence-electron chi connectivity index (χ2n) is 14.5. The molecular weight excluding hydrogens is 677 g/mol. The first-order valence-corrected chi connectivity index (χ1v) is 19.3. The van der Waals surface area contributed by atoms with Gasteiger partial charge in [0.25, 0.3) is 0 Å². The standard InChI is InChI=1S/C54H36N2/c1-2-17-42(18-3-1)56-53-26-9-8-21-51(53)52-25-12-23-48(54(52)56)39-28-31-43(32-29-39)55(45-33-27-37-13-4-5-15-40(37)35-45)44-19-10-16-41(36-44)47-22-11-24-49-46-20-7-6-14-38(46)30-34-50(47)49/h1-36H. The molecular formula is C54H36N2. The number of rotatable bonds is 6. The number of aromatic nitrogens is 1. The zero-order valence-corrected chi connectivity index (χ0v) is 30.7. The van der Waals surface area contributed by atoms with Crippen molar-refractivity contribution in [2.24, 2.45) is 0 Å². The van der Waals surface area contributed by atoms with E-state index in [1.165, 1.54) is 76.4 Å². The van der Waals surface area contributed by atoms with Crippen molar-refractivity contribution in [1.82, 2.24) is 4.57 Å². The van der Waals surface area contributed by atoms with Crippen LogP contribution in [0.2, 0.25) is 0 Å². The van der Waals surface area contributed by atoms with Crippen LogP contribution in [0.1, 0.15) is 0 Å². The molecule has 0 amide bonds. The van der Waals surface area contributed by atoms with Crippen molar-refractivity contribution >= 4 is 71.2 Å². The van der Waals surface area contributed by atoms with Gasteiger partial charge in [-0.3, -0.25) is 0 Å². The molecule has 1 heterocycles. The molecule has 10 aromatic carbocycles. The van der Waals surface area contributed by atoms with E-state index in [0.29, 0.717) is 0 Å². The van der Waals surface area contributed by atoms with Gasteiger partial charge < -0.3 is 9.47 Å². The molecule has 0 saturated carbocycles. The molecule has 0 radical (unpaired) electrons. The number of hydrogen-bond donors (Lipinski definition) is 0. The number of benzene rings is 10. The van der Waals surface area contributed by atoms with E-state index >= 15 is 0 Å². The third-order valence-corrected chi connectivity index (χ3v) is 11.3. The summed E-state index contributed by atoms with van der Waals surface area (Å²) in [6, 6.07) is 79.5. The molecule has 0 aliphatic heterocycles. The van der Waals surface area contributed by atoms with E-state index in [2.05, 4.69) is 228 Å². The van der Waals surface area contributed by atoms with Crippen molar-refractivity contribution in [2.75, 3.05) is 4.90 Å². The van der Waals surface area contributed by atoms with E-state index in [1.807, 2.05) is 0 Å². The van der Waals surface area contributed by atoms with Gasteiger partial charge in [0.05, 0.1) is 11.0 Å². The third kappa shape index (κ3) is 5.26. The summed E-state index contributed by atoms with van der Waals surface area (Å²) in [6.45, 7) is 0. The largest absolute Gasteiger partial charge is 0.310 e. The molecule has 262 valence electrons. The van der Waals surface area contributed by atoms with Gasteiger partial charge in [-0.1, -0.05) is 164 Å². The van der Waals surface area contributed by atoms with Crippen LogP contribution in [0.5, 0.6) is 0 Å². The molecule has 1 aromatic heterocycles. The Labute approximate surface area is 325 Å². The Morgan fingerprint density at radius 2 is 0.929 bits per heavy atom. The Morgan fingerprint density at radius 3 is 1.79 bits per heavy atom. The predicted octanol–water partition coefficient (Wildman–Crippen LogP) is 15.0. The minimum atomic E-state index is 1.10. The third-order valence-electron chi connectivity index (χ3n) is 11.3. The highest BCUT2D eigenvalue weighted by Gasteiger charge is 2.19. The summed E-state index contributed by atoms with van der Waals surface area (Å²) < 4.78 is 2.41. The van der Waals surface area contributed by atoms with Crippen LogP contribution in [-0.2, 0) is 0 Å². The van der Waals surface area contributed by atoms with Crippen molar-refractivity contribution < 1.29 is 0 Å². The molecule has 0 saturated heterocycles. The van der Waals surface area contributed by atoms with Crippen LogP contribution in [0.15, 0.2) is 218 Å². The van der Waals surface area contributed by atoms with Gasteiger partial charge >= 0.3 is 0 Å². The van der Waals surface area contributed by atoms with Gasteiger partial charge in [-0.25, -0.2) is 0 Å². The molecule has 0 aliphatic carbocycles. The minimum absolute atomic E-state index is 1.10. The minimum Gasteiger partial charge on any atom is -0.310 e. The number of fused-ring (bicyclic) bond motifs is 7. The Hall–Kier alpha value is -7.42. The van der Waals surface area contributed by atoms with E-state index in [4.69, 9.17) is 0 Å². The smallest absolute Gasteiger partial charge is 0.0619 e. The van der Waals surface area contributed by atoms with Crippen LogP contribution in [0.3, 0.4) is 0 Å². The number of hydrogen-bond acceptors (Lipinski definition) is 1. The molecule has 11 rings (SSSR count). The van der Waals surface area contributed by atoms with Crippen molar-refractivity contribution in [3.63, 3.8) is 0 Å². The summed E-state index contributed by atoms with van der Waals surface area (Å²) in [4.78, 5) is 2.39. The average Bonchev–Trinajstić information content (AvgIpc) is 3.61. The van der Waals surface area contributed by atoms with Gasteiger partial charge in [0.2, 0.25) is 0 Å². The maximum atomic E-state index is 2.41. The average molecular weight is 713 g/mol. The normalized spacial score (nSPS) is 11.6. The number of nitrogens with zero attached hydrogens (tertiary/aromatic N) is 2. The Kier molecular flexibility index (Phi) is 7.53. The Bertz CT molecular complexity index is 3250. The molecule has 0 spiro atoms. The zero-order chi connectivity index (χ0) is 37.0. The molecule has 0 fully saturated rings. The molecule has 0 unspecified atom stereocenters. The second-order valence-corrected chi connectivity index (χ2v) is 14.5. The first kappa shape index (κ1) is 32.0. The van der Waals surface area contributed by atoms with Gasteiger partial charge in [0.1, 0.15) is 0 Å². The van der Waals surface area contributed by atoms with E-state index < -0.39 is 0 Å². The van der Waals surface area contributed by atoms with Crippen molar-refractivity contribution in [1.29, 1.82) is 0 Å². The summed E-state index contributed by atoms with van der Waals surface area (Å²) in [5.41, 5.74) is 11.7. The van der Waals surface area contributed by atoms with Gasteiger partial charge in [-0.2, -0.15) is 0 Å². The second kappa shape index (κ2) is 13.2. The van der Waals surface area contributed by atoms with Crippen molar-refractivity contribution in [2.45, 2.75) is 0 Å². The quantitative estimate of drug-likeness (QED) is 0.156. The van der Waals surface area contributed by atoms with Gasteiger partial charge in [0, 0.05) is 39.1 Å². The zero-order valence-electron chi connectivity index (χ0n) is 30.7. The molecule has 0 N–H and O–H groups in total. The molecule has 0 bridgehead atoms. The fourth-order valence-electron chi connectivity index (χ4n) is 8.75. The van der Waals surface area contributed by atoms with E-state index in [-0.39, 0.29) is 0 Å². The molecule has 0 aliphatic rings. The lowest BCUT2D eigenvalue weighted by atomic mass is 9.94. The predicted molar refractivity (Wildman–Crippen MR) is 239 cm³/mol. The van der Waals surface area contributed by atoms with Crippen LogP contribution in [0.25, 0.3) is 82.1 Å². The lowest BCUT2D eigenvalue weighted by Gasteiger charge is -2.27. The highest BCUT2D eigenvalue weighted by atomic mass is 15.1. The molecule has 2 heteroatoms. The fraction of sp³-hybridized carbons (Fsp3) is 0. The SMILES string of the molecule is c1ccc(-n2c3ccccc3c3cccc(-c4ccc(N(c5cccc(-c6cccc7c6ccc6ccccc67)c5)c5ccc6ccccc6c5)cc4)c32)cc1. The van der Waals surface area contributed by atoms with Crippen molar-refractivity contribution in [3.8, 4) is 27.9 Å². The van der Waals surface area contributed by atoms with Crippen molar-refractivity contribution in [3.05, 3.63) is 218 Å². The molecule has 56 heavy (non-hydrogen) atoms. The van der Waals surface area contributed by atoms with Crippen LogP contribution in [-0.4, -0.2) is 4.57 Å². The monoisotopic (exact) mass is 712 g/mol. The molecule has 0 atom stereocenters. The topological polar surface area (TPSA) is 8.17 Å². The van der Waals surface area contributed by atoms with E-state index in [9.17, 15) is 0 Å². The van der Waals surface area contributed by atoms with Crippen LogP contribution < -0.4 is 4.90 Å². The first-order valence-electron chi connectivity index (χ1n) is 19.3. The summed E-state index contributed by atoms with van der Waals surface area (Å²) >= 11 is 0. The summed E-state index contributed by atoms with van der Waals surface area (Å²) in [7, 11) is 0. The van der Waals surface area contributed by atoms with Gasteiger partial charge in [-0.15, -0.1) is 0 Å². The summed E-state index contributed by atoms with van der Waals surface area (Å²) in [5.74, 6) is 0.